The van der Waals surface area contributed by atoms with Crippen LogP contribution in [0.4, 0.5) is 32.2 Å². The van der Waals surface area contributed by atoms with Crippen molar-refractivity contribution < 1.29 is 48.0 Å². The van der Waals surface area contributed by atoms with Crippen LogP contribution in [0.5, 0.6) is 0 Å². The summed E-state index contributed by atoms with van der Waals surface area (Å²) < 4.78 is 145. The second-order valence-electron chi connectivity index (χ2n) is 17.7. The molecular weight excluding hydrogens is 896 g/mol. The zero-order valence-electron chi connectivity index (χ0n) is 34.1. The minimum Gasteiger partial charge on any atom is -0.346 e. The van der Waals surface area contributed by atoms with Gasteiger partial charge in [-0.25, -0.2) is 34.4 Å². The molecule has 1 unspecified atom stereocenters. The number of carbonyl (C=O) groups is 1. The molecular formula is C42H42ClF6N7O5S2. The Kier molecular flexibility index (Phi) is 10.5. The van der Waals surface area contributed by atoms with Gasteiger partial charge in [0.25, 0.3) is 12.3 Å². The minimum absolute atomic E-state index is 0.0148. The van der Waals surface area contributed by atoms with E-state index in [0.717, 1.165) is 12.1 Å². The van der Waals surface area contributed by atoms with Crippen molar-refractivity contribution in [2.45, 2.75) is 111 Å². The van der Waals surface area contributed by atoms with Crippen LogP contribution in [0.15, 0.2) is 42.5 Å². The molecule has 0 saturated heterocycles. The monoisotopic (exact) mass is 937 g/mol. The zero-order valence-corrected chi connectivity index (χ0v) is 36.5. The van der Waals surface area contributed by atoms with Gasteiger partial charge in [-0.05, 0) is 101 Å². The number of pyridine rings is 1. The van der Waals surface area contributed by atoms with Gasteiger partial charge in [0.15, 0.2) is 15.7 Å². The molecule has 3 saturated carbocycles. The topological polar surface area (TPSA) is 158 Å². The first-order chi connectivity index (χ1) is 29.6. The van der Waals surface area contributed by atoms with Crippen LogP contribution in [0.2, 0.25) is 5.02 Å². The molecule has 3 atom stereocenters. The van der Waals surface area contributed by atoms with Crippen LogP contribution in [0, 0.1) is 17.6 Å². The fourth-order valence-electron chi connectivity index (χ4n) is 8.95. The number of amides is 1. The predicted molar refractivity (Wildman–Crippen MR) is 222 cm³/mol. The molecule has 12 nitrogen and oxygen atoms in total. The molecule has 2 N–H and O–H groups in total. The Morgan fingerprint density at radius 3 is 2.27 bits per heavy atom. The standard InChI is InChI=1S/C42H42ClF6N7O5S2/c1-41(2,62(58,59)24-5-6-24)13-12-23-4-9-26(27-10-11-30(43)34-37(27)55(3)53-40(34)54-63(60,61)25-7-8-25)35(50-23)31(16-20-14-21(44)17-22(45)15-20)51-32(57)19-56-38-33(36(52-56)39(46)47)28-18-29(28)42(38,48)49/h4,9-11,14-15,17,24-25,28-29,31,39H,5-8,12-13,16,18-19H2,1-3H3,(H,51,57)(H,53,54)/t28?,29-,31+/m1/s1. The number of sulfone groups is 1. The van der Waals surface area contributed by atoms with Crippen LogP contribution in [-0.2, 0) is 57.0 Å². The van der Waals surface area contributed by atoms with Crippen LogP contribution < -0.4 is 10.0 Å². The van der Waals surface area contributed by atoms with Crippen LogP contribution in [0.1, 0.15) is 105 Å². The number of halogens is 7. The molecule has 2 aromatic carbocycles. The number of nitrogens with one attached hydrogen (secondary N) is 2. The van der Waals surface area contributed by atoms with Gasteiger partial charge in [0.05, 0.1) is 42.9 Å². The van der Waals surface area contributed by atoms with E-state index in [2.05, 4.69) is 20.2 Å². The SMILES string of the molecule is Cn1nc(NS(=O)(=O)C2CC2)c2c(Cl)ccc(-c3ccc(CCC(C)(C)S(=O)(=O)C4CC4)nc3[C@H](Cc3cc(F)cc(F)c3)NC(=O)Cn3nc(C(F)F)c4c3C(F)(F)[C@@H]3CC43)c21. The van der Waals surface area contributed by atoms with E-state index in [1.165, 1.54) is 10.7 Å². The summed E-state index contributed by atoms with van der Waals surface area (Å²) >= 11 is 6.72. The van der Waals surface area contributed by atoms with Gasteiger partial charge in [0, 0.05) is 41.4 Å². The highest BCUT2D eigenvalue weighted by Gasteiger charge is 2.67. The van der Waals surface area contributed by atoms with E-state index < -0.39 is 101 Å². The smallest absolute Gasteiger partial charge is 0.293 e. The lowest BCUT2D eigenvalue weighted by molar-refractivity contribution is -0.123. The lowest BCUT2D eigenvalue weighted by Crippen LogP contribution is -2.36. The number of aromatic nitrogens is 5. The van der Waals surface area contributed by atoms with Crippen LogP contribution in [0.25, 0.3) is 22.0 Å². The Morgan fingerprint density at radius 1 is 0.952 bits per heavy atom. The Balaban J connectivity index is 1.16. The summed E-state index contributed by atoms with van der Waals surface area (Å²) in [7, 11) is -5.76. The molecule has 0 radical (unpaired) electrons. The highest BCUT2D eigenvalue weighted by atomic mass is 35.5. The van der Waals surface area contributed by atoms with Crippen molar-refractivity contribution in [1.82, 2.24) is 29.9 Å². The number of nitrogens with zero attached hydrogens (tertiary/aromatic N) is 5. The van der Waals surface area contributed by atoms with Crippen molar-refractivity contribution in [3.8, 4) is 11.1 Å². The van der Waals surface area contributed by atoms with Gasteiger partial charge in [-0.2, -0.15) is 19.0 Å². The fraction of sp³-hybridized carbons (Fsp3) is 0.476. The van der Waals surface area contributed by atoms with E-state index in [1.807, 2.05) is 0 Å². The number of benzene rings is 2. The maximum atomic E-state index is 15.5. The van der Waals surface area contributed by atoms with Gasteiger partial charge in [0.2, 0.25) is 15.9 Å². The molecule has 1 amide bonds. The van der Waals surface area contributed by atoms with Crippen molar-refractivity contribution in [1.29, 1.82) is 0 Å². The molecule has 0 aliphatic heterocycles. The average Bonchev–Trinajstić information content (AvgIpc) is 4.08. The van der Waals surface area contributed by atoms with Gasteiger partial charge in [-0.3, -0.25) is 23.9 Å². The van der Waals surface area contributed by atoms with Gasteiger partial charge in [-0.1, -0.05) is 23.7 Å². The van der Waals surface area contributed by atoms with E-state index >= 15 is 8.78 Å². The van der Waals surface area contributed by atoms with Crippen LogP contribution in [0.3, 0.4) is 0 Å². The van der Waals surface area contributed by atoms with E-state index in [9.17, 15) is 39.2 Å². The Hall–Kier alpha value is -4.69. The summed E-state index contributed by atoms with van der Waals surface area (Å²) in [5.74, 6) is -8.37. The molecule has 5 aromatic rings. The molecule has 3 heterocycles. The van der Waals surface area contributed by atoms with Gasteiger partial charge in [0.1, 0.15) is 29.6 Å². The lowest BCUT2D eigenvalue weighted by Gasteiger charge is -2.26. The number of rotatable bonds is 16. The van der Waals surface area contributed by atoms with E-state index in [0.29, 0.717) is 58.8 Å². The number of fused-ring (bicyclic) bond motifs is 4. The first-order valence-electron chi connectivity index (χ1n) is 20.5. The summed E-state index contributed by atoms with van der Waals surface area (Å²) in [6, 6.07) is 7.86. The molecule has 4 aliphatic carbocycles. The first kappa shape index (κ1) is 43.6. The second kappa shape index (κ2) is 15.2. The Morgan fingerprint density at radius 2 is 1.62 bits per heavy atom. The fourth-order valence-corrected chi connectivity index (χ4v) is 12.6. The number of aryl methyl sites for hydroxylation is 2. The summed E-state index contributed by atoms with van der Waals surface area (Å²) in [4.78, 5) is 19.1. The maximum absolute atomic E-state index is 15.5. The van der Waals surface area contributed by atoms with Crippen molar-refractivity contribution in [3.63, 3.8) is 0 Å². The summed E-state index contributed by atoms with van der Waals surface area (Å²) in [5.41, 5.74) is -0.310. The number of carbonyl (C=O) groups excluding carboxylic acids is 1. The van der Waals surface area contributed by atoms with Gasteiger partial charge >= 0.3 is 0 Å². The number of sulfonamides is 1. The molecule has 63 heavy (non-hydrogen) atoms. The van der Waals surface area contributed by atoms with E-state index in [1.54, 1.807) is 39.1 Å². The van der Waals surface area contributed by atoms with Gasteiger partial charge < -0.3 is 5.32 Å². The van der Waals surface area contributed by atoms with E-state index in [4.69, 9.17) is 16.6 Å². The predicted octanol–water partition coefficient (Wildman–Crippen LogP) is 8.20. The molecule has 21 heteroatoms. The van der Waals surface area contributed by atoms with Crippen LogP contribution in [-0.4, -0.2) is 62.5 Å². The third-order valence-electron chi connectivity index (χ3n) is 12.6. The minimum atomic E-state index is -3.81. The zero-order chi connectivity index (χ0) is 45.1. The summed E-state index contributed by atoms with van der Waals surface area (Å²) in [6.45, 7) is 2.35. The van der Waals surface area contributed by atoms with Crippen molar-refractivity contribution >= 4 is 54.1 Å². The Labute approximate surface area is 363 Å². The lowest BCUT2D eigenvalue weighted by atomic mass is 9.93. The van der Waals surface area contributed by atoms with Crippen LogP contribution >= 0.6 is 11.6 Å². The average molecular weight is 938 g/mol. The third kappa shape index (κ3) is 7.86. The molecule has 3 fully saturated rings. The quantitative estimate of drug-likeness (QED) is 0.0938. The first-order valence-corrected chi connectivity index (χ1v) is 24.0. The number of hydrogen-bond acceptors (Lipinski definition) is 8. The van der Waals surface area contributed by atoms with E-state index in [-0.39, 0.29) is 58.7 Å². The van der Waals surface area contributed by atoms with Crippen molar-refractivity contribution in [3.05, 3.63) is 93.0 Å². The molecule has 4 aliphatic rings. The van der Waals surface area contributed by atoms with Crippen molar-refractivity contribution in [2.24, 2.45) is 13.0 Å². The molecule has 9 rings (SSSR count). The van der Waals surface area contributed by atoms with Gasteiger partial charge in [-0.15, -0.1) is 0 Å². The van der Waals surface area contributed by atoms with Crippen molar-refractivity contribution in [2.75, 3.05) is 4.72 Å². The maximum Gasteiger partial charge on any atom is 0.293 e. The highest BCUT2D eigenvalue weighted by molar-refractivity contribution is 7.93. The third-order valence-corrected chi connectivity index (χ3v) is 17.9. The number of anilines is 1. The highest BCUT2D eigenvalue weighted by Crippen LogP contribution is 2.68. The Bertz CT molecular complexity index is 2910. The molecule has 0 bridgehead atoms. The second-order valence-corrected chi connectivity index (χ2v) is 22.9. The molecule has 336 valence electrons. The number of hydrogen-bond donors (Lipinski definition) is 2. The normalized spacial score (nSPS) is 19.9. The molecule has 0 spiro atoms. The summed E-state index contributed by atoms with van der Waals surface area (Å²) in [6.07, 6.45) is -1.12. The number of alkyl halides is 4. The molecule has 3 aromatic heterocycles. The largest absolute Gasteiger partial charge is 0.346 e. The summed E-state index contributed by atoms with van der Waals surface area (Å²) in [5, 5.41) is 10.3.